The molecule has 0 bridgehead atoms. The number of aromatic nitrogens is 4. The van der Waals surface area contributed by atoms with E-state index in [1.807, 2.05) is 12.1 Å². The normalized spacial score (nSPS) is 11.9. The number of aromatic amines is 1. The van der Waals surface area contributed by atoms with E-state index in [4.69, 9.17) is 4.74 Å². The van der Waals surface area contributed by atoms with Crippen molar-refractivity contribution < 1.29 is 4.74 Å². The molecule has 134 valence electrons. The number of nitrogens with one attached hydrogen (secondary N) is 1. The highest BCUT2D eigenvalue weighted by molar-refractivity contribution is 5.38. The molecule has 1 unspecified atom stereocenters. The molecule has 3 aromatic carbocycles. The summed E-state index contributed by atoms with van der Waals surface area (Å²) in [5.41, 5.74) is 3.89. The first-order valence-corrected chi connectivity index (χ1v) is 8.92. The smallest absolute Gasteiger partial charge is 0.211 e. The predicted octanol–water partition coefficient (Wildman–Crippen LogP) is 4.15. The summed E-state index contributed by atoms with van der Waals surface area (Å²) < 4.78 is 5.72. The lowest BCUT2D eigenvalue weighted by Crippen LogP contribution is -2.05. The molecule has 4 aromatic rings. The van der Waals surface area contributed by atoms with E-state index in [9.17, 15) is 0 Å². The molecule has 1 heterocycles. The summed E-state index contributed by atoms with van der Waals surface area (Å²) in [4.78, 5) is 0. The molecule has 4 rings (SSSR count). The maximum Gasteiger partial charge on any atom is 0.211 e. The van der Waals surface area contributed by atoms with Gasteiger partial charge in [-0.1, -0.05) is 78.0 Å². The second-order valence-electron chi connectivity index (χ2n) is 6.34. The molecular weight excluding hydrogens is 336 g/mol. The van der Waals surface area contributed by atoms with Crippen LogP contribution in [0.15, 0.2) is 84.9 Å². The van der Waals surface area contributed by atoms with Gasteiger partial charge in [0.25, 0.3) is 0 Å². The maximum absolute atomic E-state index is 5.72. The Hall–Kier alpha value is -3.47. The average molecular weight is 356 g/mol. The number of ether oxygens (including phenoxy) is 1. The molecule has 1 atom stereocenters. The van der Waals surface area contributed by atoms with Gasteiger partial charge in [0, 0.05) is 5.92 Å². The number of tetrazole rings is 1. The van der Waals surface area contributed by atoms with Gasteiger partial charge in [-0.3, -0.25) is 0 Å². The molecule has 0 aliphatic carbocycles. The topological polar surface area (TPSA) is 63.7 Å². The van der Waals surface area contributed by atoms with Gasteiger partial charge in [0.05, 0.1) is 0 Å². The van der Waals surface area contributed by atoms with Crippen LogP contribution >= 0.6 is 0 Å². The zero-order chi connectivity index (χ0) is 18.3. The number of hydrogen-bond donors (Lipinski definition) is 1. The Labute approximate surface area is 158 Å². The Kier molecular flexibility index (Phi) is 5.20. The molecular formula is C22H20N4O. The van der Waals surface area contributed by atoms with Crippen LogP contribution < -0.4 is 4.74 Å². The molecule has 0 aliphatic rings. The minimum absolute atomic E-state index is 0.292. The zero-order valence-electron chi connectivity index (χ0n) is 14.8. The van der Waals surface area contributed by atoms with Gasteiger partial charge in [0.2, 0.25) is 5.82 Å². The van der Waals surface area contributed by atoms with Crippen molar-refractivity contribution in [2.24, 2.45) is 0 Å². The first kappa shape index (κ1) is 17.0. The van der Waals surface area contributed by atoms with E-state index in [1.165, 1.54) is 16.7 Å². The molecule has 0 fully saturated rings. The van der Waals surface area contributed by atoms with E-state index in [-0.39, 0.29) is 0 Å². The fraction of sp³-hybridized carbons (Fsp3) is 0.136. The molecule has 1 aromatic heterocycles. The van der Waals surface area contributed by atoms with E-state index in [2.05, 4.69) is 93.4 Å². The highest BCUT2D eigenvalue weighted by atomic mass is 16.5. The molecule has 5 heteroatoms. The first-order valence-electron chi connectivity index (χ1n) is 8.92. The van der Waals surface area contributed by atoms with Gasteiger partial charge in [-0.15, -0.1) is 10.2 Å². The van der Waals surface area contributed by atoms with Crippen molar-refractivity contribution in [2.75, 3.05) is 0 Å². The largest absolute Gasteiger partial charge is 0.485 e. The lowest BCUT2D eigenvalue weighted by molar-refractivity contribution is 0.296. The van der Waals surface area contributed by atoms with Gasteiger partial charge in [0.1, 0.15) is 5.75 Å². The van der Waals surface area contributed by atoms with E-state index in [0.717, 1.165) is 12.2 Å². The molecule has 0 saturated heterocycles. The number of nitrogens with zero attached hydrogens (tertiary/aromatic N) is 3. The fourth-order valence-electron chi connectivity index (χ4n) is 3.15. The van der Waals surface area contributed by atoms with Crippen LogP contribution in [-0.2, 0) is 13.0 Å². The van der Waals surface area contributed by atoms with Gasteiger partial charge in [0.15, 0.2) is 6.61 Å². The molecule has 5 nitrogen and oxygen atoms in total. The summed E-state index contributed by atoms with van der Waals surface area (Å²) in [5, 5.41) is 13.7. The van der Waals surface area contributed by atoms with Crippen molar-refractivity contribution in [3.63, 3.8) is 0 Å². The Morgan fingerprint density at radius 2 is 1.44 bits per heavy atom. The highest BCUT2D eigenvalue weighted by Gasteiger charge is 2.15. The Morgan fingerprint density at radius 1 is 0.778 bits per heavy atom. The Balaban J connectivity index is 1.54. The third-order valence-corrected chi connectivity index (χ3v) is 4.52. The fourth-order valence-corrected chi connectivity index (χ4v) is 3.15. The van der Waals surface area contributed by atoms with Crippen LogP contribution in [-0.4, -0.2) is 20.6 Å². The number of rotatable bonds is 7. The van der Waals surface area contributed by atoms with Crippen molar-refractivity contribution in [3.8, 4) is 5.75 Å². The van der Waals surface area contributed by atoms with Crippen molar-refractivity contribution in [1.29, 1.82) is 0 Å². The Bertz CT molecular complexity index is 939. The van der Waals surface area contributed by atoms with Crippen LogP contribution in [0.4, 0.5) is 0 Å². The number of H-pyrrole nitrogens is 1. The van der Waals surface area contributed by atoms with Crippen LogP contribution in [0.2, 0.25) is 0 Å². The van der Waals surface area contributed by atoms with Gasteiger partial charge >= 0.3 is 0 Å². The van der Waals surface area contributed by atoms with Crippen molar-refractivity contribution in [3.05, 3.63) is 107 Å². The van der Waals surface area contributed by atoms with Crippen molar-refractivity contribution in [2.45, 2.75) is 18.9 Å². The summed E-state index contributed by atoms with van der Waals surface area (Å²) in [6.07, 6.45) is 0.952. The van der Waals surface area contributed by atoms with E-state index in [0.29, 0.717) is 18.3 Å². The second kappa shape index (κ2) is 8.27. The molecule has 0 aliphatic heterocycles. The summed E-state index contributed by atoms with van der Waals surface area (Å²) in [6.45, 7) is 0.294. The summed E-state index contributed by atoms with van der Waals surface area (Å²) in [5.74, 6) is 1.61. The highest BCUT2D eigenvalue weighted by Crippen LogP contribution is 2.29. The minimum Gasteiger partial charge on any atom is -0.485 e. The average Bonchev–Trinajstić information content (AvgIpc) is 3.26. The van der Waals surface area contributed by atoms with Gasteiger partial charge in [-0.05, 0) is 35.2 Å². The monoisotopic (exact) mass is 356 g/mol. The van der Waals surface area contributed by atoms with Gasteiger partial charge in [-0.25, -0.2) is 0 Å². The lowest BCUT2D eigenvalue weighted by atomic mass is 9.86. The molecule has 27 heavy (non-hydrogen) atoms. The lowest BCUT2D eigenvalue weighted by Gasteiger charge is -2.19. The van der Waals surface area contributed by atoms with Crippen molar-refractivity contribution in [1.82, 2.24) is 20.6 Å². The summed E-state index contributed by atoms with van der Waals surface area (Å²) in [7, 11) is 0. The molecule has 0 radical (unpaired) electrons. The van der Waals surface area contributed by atoms with E-state index >= 15 is 0 Å². The van der Waals surface area contributed by atoms with E-state index in [1.54, 1.807) is 0 Å². The maximum atomic E-state index is 5.72. The van der Waals surface area contributed by atoms with Crippen LogP contribution in [0.3, 0.4) is 0 Å². The van der Waals surface area contributed by atoms with E-state index < -0.39 is 0 Å². The molecule has 0 amide bonds. The van der Waals surface area contributed by atoms with Gasteiger partial charge < -0.3 is 4.74 Å². The molecule has 0 spiro atoms. The standard InChI is InChI=1S/C22H20N4O/c1-3-7-17(8-4-1)15-21(18-9-5-2-6-10-18)19-11-13-20(14-12-19)27-16-22-23-25-26-24-22/h1-14,21H,15-16H2,(H,23,24,25,26). The van der Waals surface area contributed by atoms with Crippen LogP contribution in [0, 0.1) is 0 Å². The first-order chi connectivity index (χ1) is 13.4. The molecule has 1 N–H and O–H groups in total. The van der Waals surface area contributed by atoms with Crippen LogP contribution in [0.25, 0.3) is 0 Å². The second-order valence-corrected chi connectivity index (χ2v) is 6.34. The van der Waals surface area contributed by atoms with Crippen molar-refractivity contribution >= 4 is 0 Å². The summed E-state index contributed by atoms with van der Waals surface area (Å²) in [6, 6.07) is 29.5. The third-order valence-electron chi connectivity index (χ3n) is 4.52. The Morgan fingerprint density at radius 3 is 2.11 bits per heavy atom. The SMILES string of the molecule is c1ccc(CC(c2ccccc2)c2ccc(OCc3nn[nH]n3)cc2)cc1. The zero-order valence-corrected chi connectivity index (χ0v) is 14.8. The minimum atomic E-state index is 0.292. The van der Waals surface area contributed by atoms with Crippen LogP contribution in [0.1, 0.15) is 28.4 Å². The summed E-state index contributed by atoms with van der Waals surface area (Å²) >= 11 is 0. The van der Waals surface area contributed by atoms with Crippen LogP contribution in [0.5, 0.6) is 5.75 Å². The number of hydrogen-bond acceptors (Lipinski definition) is 4. The van der Waals surface area contributed by atoms with Gasteiger partial charge in [-0.2, -0.15) is 5.21 Å². The molecule has 0 saturated carbocycles. The number of benzene rings is 3. The third kappa shape index (κ3) is 4.39. The predicted molar refractivity (Wildman–Crippen MR) is 103 cm³/mol. The quantitative estimate of drug-likeness (QED) is 0.540.